The van der Waals surface area contributed by atoms with Gasteiger partial charge in [0.05, 0.1) is 6.04 Å². The summed E-state index contributed by atoms with van der Waals surface area (Å²) in [6.07, 6.45) is 1.88. The number of guanidine groups is 1. The second kappa shape index (κ2) is 9.37. The van der Waals surface area contributed by atoms with Crippen molar-refractivity contribution in [2.75, 3.05) is 45.2 Å². The minimum atomic E-state index is 0.184. The number of hydrogen-bond donors (Lipinski definition) is 2. The van der Waals surface area contributed by atoms with Crippen LogP contribution in [0.5, 0.6) is 0 Å². The molecular weight excluding hydrogens is 336 g/mol. The van der Waals surface area contributed by atoms with Crippen molar-refractivity contribution in [3.05, 3.63) is 59.8 Å². The van der Waals surface area contributed by atoms with Gasteiger partial charge in [-0.25, -0.2) is 4.98 Å². The Bertz CT molecular complexity index is 737. The van der Waals surface area contributed by atoms with Gasteiger partial charge in [0.15, 0.2) is 5.96 Å². The largest absolute Gasteiger partial charge is 0.354 e. The van der Waals surface area contributed by atoms with Crippen LogP contribution >= 0.6 is 0 Å². The first-order valence-corrected chi connectivity index (χ1v) is 9.57. The molecule has 2 heterocycles. The van der Waals surface area contributed by atoms with E-state index >= 15 is 0 Å². The lowest BCUT2D eigenvalue weighted by Gasteiger charge is -2.34. The first-order valence-electron chi connectivity index (χ1n) is 9.57. The Morgan fingerprint density at radius 3 is 2.56 bits per heavy atom. The topological polar surface area (TPSA) is 55.8 Å². The average molecular weight is 367 g/mol. The molecular formula is C21H30N6. The second-order valence-corrected chi connectivity index (χ2v) is 6.98. The Balaban J connectivity index is 1.62. The number of pyridine rings is 1. The van der Waals surface area contributed by atoms with Gasteiger partial charge in [-0.15, -0.1) is 0 Å². The molecule has 0 aliphatic carbocycles. The third-order valence-electron chi connectivity index (χ3n) is 4.99. The molecule has 144 valence electrons. The fourth-order valence-electron chi connectivity index (χ4n) is 3.27. The fourth-order valence-corrected chi connectivity index (χ4v) is 3.27. The number of benzene rings is 1. The van der Waals surface area contributed by atoms with Gasteiger partial charge >= 0.3 is 0 Å². The quantitative estimate of drug-likeness (QED) is 0.628. The normalized spacial score (nSPS) is 16.9. The molecule has 27 heavy (non-hydrogen) atoms. The van der Waals surface area contributed by atoms with Crippen molar-refractivity contribution in [3.63, 3.8) is 0 Å². The van der Waals surface area contributed by atoms with Crippen molar-refractivity contribution >= 4 is 11.8 Å². The number of rotatable bonds is 5. The zero-order valence-corrected chi connectivity index (χ0v) is 16.5. The smallest absolute Gasteiger partial charge is 0.191 e. The van der Waals surface area contributed by atoms with Crippen LogP contribution in [0.1, 0.15) is 24.1 Å². The number of piperazine rings is 1. The highest BCUT2D eigenvalue weighted by Crippen LogP contribution is 2.18. The van der Waals surface area contributed by atoms with Gasteiger partial charge in [0.1, 0.15) is 5.82 Å². The summed E-state index contributed by atoms with van der Waals surface area (Å²) in [6.45, 7) is 7.00. The van der Waals surface area contributed by atoms with E-state index in [2.05, 4.69) is 74.7 Å². The van der Waals surface area contributed by atoms with Crippen LogP contribution in [-0.2, 0) is 6.54 Å². The maximum absolute atomic E-state index is 4.65. The van der Waals surface area contributed by atoms with E-state index in [-0.39, 0.29) is 6.04 Å². The van der Waals surface area contributed by atoms with Crippen molar-refractivity contribution in [2.45, 2.75) is 19.5 Å². The van der Waals surface area contributed by atoms with Crippen LogP contribution in [0, 0.1) is 0 Å². The fraction of sp³-hybridized carbons (Fsp3) is 0.429. The summed E-state index contributed by atoms with van der Waals surface area (Å²) in [4.78, 5) is 13.8. The first kappa shape index (κ1) is 19.2. The molecule has 0 amide bonds. The van der Waals surface area contributed by atoms with Gasteiger partial charge in [-0.05, 0) is 25.6 Å². The molecule has 0 bridgehead atoms. The van der Waals surface area contributed by atoms with Crippen LogP contribution in [0.2, 0.25) is 0 Å². The van der Waals surface area contributed by atoms with E-state index < -0.39 is 0 Å². The van der Waals surface area contributed by atoms with Gasteiger partial charge in [0, 0.05) is 51.5 Å². The van der Waals surface area contributed by atoms with Gasteiger partial charge in [-0.1, -0.05) is 36.4 Å². The molecule has 1 atom stereocenters. The summed E-state index contributed by atoms with van der Waals surface area (Å²) in [7, 11) is 3.97. The third-order valence-corrected chi connectivity index (χ3v) is 4.99. The Kier molecular flexibility index (Phi) is 6.65. The lowest BCUT2D eigenvalue weighted by Crippen LogP contribution is -2.45. The standard InChI is InChI=1S/C21H30N6/c1-17(18-8-5-4-6-9-18)25-21(22-2)24-16-19-10-7-11-23-20(19)27-14-12-26(3)13-15-27/h4-11,17H,12-16H2,1-3H3,(H2,22,24,25). The van der Waals surface area contributed by atoms with Gasteiger partial charge in [0.25, 0.3) is 0 Å². The van der Waals surface area contributed by atoms with E-state index in [1.165, 1.54) is 11.1 Å². The molecule has 2 N–H and O–H groups in total. The Morgan fingerprint density at radius 1 is 1.11 bits per heavy atom. The summed E-state index contributed by atoms with van der Waals surface area (Å²) in [6, 6.07) is 14.7. The molecule has 0 spiro atoms. The van der Waals surface area contributed by atoms with E-state index in [1.54, 1.807) is 7.05 Å². The number of hydrogen-bond acceptors (Lipinski definition) is 4. The number of anilines is 1. The highest BCUT2D eigenvalue weighted by atomic mass is 15.3. The van der Waals surface area contributed by atoms with Crippen LogP contribution in [0.3, 0.4) is 0 Å². The monoisotopic (exact) mass is 366 g/mol. The first-order chi connectivity index (χ1) is 13.2. The molecule has 2 aromatic rings. The molecule has 6 nitrogen and oxygen atoms in total. The molecule has 3 rings (SSSR count). The summed E-state index contributed by atoms with van der Waals surface area (Å²) >= 11 is 0. The predicted molar refractivity (Wildman–Crippen MR) is 112 cm³/mol. The lowest BCUT2D eigenvalue weighted by molar-refractivity contribution is 0.312. The van der Waals surface area contributed by atoms with E-state index in [1.807, 2.05) is 18.3 Å². The van der Waals surface area contributed by atoms with Crippen LogP contribution in [0.4, 0.5) is 5.82 Å². The zero-order chi connectivity index (χ0) is 19.1. The summed E-state index contributed by atoms with van der Waals surface area (Å²) in [5.74, 6) is 1.86. The van der Waals surface area contributed by atoms with Crippen LogP contribution in [0.25, 0.3) is 0 Å². The predicted octanol–water partition coefficient (Wildman–Crippen LogP) is 2.26. The molecule has 0 radical (unpaired) electrons. The maximum Gasteiger partial charge on any atom is 0.191 e. The van der Waals surface area contributed by atoms with Crippen molar-refractivity contribution < 1.29 is 0 Å². The number of aromatic nitrogens is 1. The molecule has 1 aromatic heterocycles. The zero-order valence-electron chi connectivity index (χ0n) is 16.5. The highest BCUT2D eigenvalue weighted by molar-refractivity contribution is 5.80. The van der Waals surface area contributed by atoms with E-state index in [0.29, 0.717) is 6.54 Å². The van der Waals surface area contributed by atoms with Crippen molar-refractivity contribution in [1.29, 1.82) is 0 Å². The van der Waals surface area contributed by atoms with Gasteiger partial charge in [-0.2, -0.15) is 0 Å². The van der Waals surface area contributed by atoms with E-state index in [0.717, 1.165) is 38.0 Å². The molecule has 1 fully saturated rings. The summed E-state index contributed by atoms with van der Waals surface area (Å²) < 4.78 is 0. The SMILES string of the molecule is CN=C(NCc1cccnc1N1CCN(C)CC1)NC(C)c1ccccc1. The summed E-state index contributed by atoms with van der Waals surface area (Å²) in [5.41, 5.74) is 2.43. The van der Waals surface area contributed by atoms with Crippen molar-refractivity contribution in [2.24, 2.45) is 4.99 Å². The molecule has 0 saturated carbocycles. The van der Waals surface area contributed by atoms with E-state index in [4.69, 9.17) is 0 Å². The minimum absolute atomic E-state index is 0.184. The Morgan fingerprint density at radius 2 is 1.85 bits per heavy atom. The molecule has 1 unspecified atom stereocenters. The Labute approximate surface area is 162 Å². The van der Waals surface area contributed by atoms with Gasteiger partial charge in [0.2, 0.25) is 0 Å². The molecule has 6 heteroatoms. The number of nitrogens with one attached hydrogen (secondary N) is 2. The second-order valence-electron chi connectivity index (χ2n) is 6.98. The van der Waals surface area contributed by atoms with Crippen molar-refractivity contribution in [3.8, 4) is 0 Å². The van der Waals surface area contributed by atoms with Gasteiger partial charge in [-0.3, -0.25) is 4.99 Å². The highest BCUT2D eigenvalue weighted by Gasteiger charge is 2.18. The lowest BCUT2D eigenvalue weighted by atomic mass is 10.1. The number of aliphatic imine (C=N–C) groups is 1. The third kappa shape index (κ3) is 5.20. The number of likely N-dealkylation sites (N-methyl/N-ethyl adjacent to an activating group) is 1. The Hall–Kier alpha value is -2.60. The van der Waals surface area contributed by atoms with Crippen LogP contribution in [0.15, 0.2) is 53.7 Å². The summed E-state index contributed by atoms with van der Waals surface area (Å²) in [5, 5.41) is 6.89. The average Bonchev–Trinajstić information content (AvgIpc) is 2.72. The van der Waals surface area contributed by atoms with Crippen LogP contribution in [-0.4, -0.2) is 56.1 Å². The van der Waals surface area contributed by atoms with E-state index in [9.17, 15) is 0 Å². The molecule has 1 aliphatic heterocycles. The minimum Gasteiger partial charge on any atom is -0.354 e. The molecule has 1 saturated heterocycles. The van der Waals surface area contributed by atoms with Gasteiger partial charge < -0.3 is 20.4 Å². The molecule has 1 aliphatic rings. The van der Waals surface area contributed by atoms with Crippen LogP contribution < -0.4 is 15.5 Å². The maximum atomic E-state index is 4.65. The number of nitrogens with zero attached hydrogens (tertiary/aromatic N) is 4. The van der Waals surface area contributed by atoms with Crippen molar-refractivity contribution in [1.82, 2.24) is 20.5 Å². The molecule has 1 aromatic carbocycles.